The van der Waals surface area contributed by atoms with E-state index >= 15 is 0 Å². The predicted octanol–water partition coefficient (Wildman–Crippen LogP) is 1.55. The van der Waals surface area contributed by atoms with Gasteiger partial charge in [-0.05, 0) is 32.1 Å². The average molecular weight is 327 g/mol. The second kappa shape index (κ2) is 6.68. The molecule has 0 saturated carbocycles. The van der Waals surface area contributed by atoms with E-state index < -0.39 is 10.0 Å². The highest BCUT2D eigenvalue weighted by atomic mass is 32.2. The first-order chi connectivity index (χ1) is 10.5. The number of imidazole rings is 1. The number of rotatable bonds is 6. The van der Waals surface area contributed by atoms with E-state index in [9.17, 15) is 8.42 Å². The lowest BCUT2D eigenvalue weighted by Crippen LogP contribution is -2.30. The largest absolute Gasteiger partial charge is 0.378 e. The van der Waals surface area contributed by atoms with E-state index in [2.05, 4.69) is 9.55 Å². The first-order valence-corrected chi connectivity index (χ1v) is 9.76. The van der Waals surface area contributed by atoms with Crippen LogP contribution in [0.3, 0.4) is 0 Å². The molecule has 0 bridgehead atoms. The van der Waals surface area contributed by atoms with Crippen molar-refractivity contribution in [1.82, 2.24) is 13.9 Å². The number of ether oxygens (including phenoxy) is 1. The van der Waals surface area contributed by atoms with E-state index in [1.165, 1.54) is 17.1 Å². The Morgan fingerprint density at radius 3 is 3.00 bits per heavy atom. The minimum Gasteiger partial charge on any atom is -0.378 e. The zero-order valence-corrected chi connectivity index (χ0v) is 14.0. The lowest BCUT2D eigenvalue weighted by atomic mass is 10.2. The first-order valence-electron chi connectivity index (χ1n) is 8.15. The summed E-state index contributed by atoms with van der Waals surface area (Å²) in [6.45, 7) is 2.12. The van der Waals surface area contributed by atoms with Crippen molar-refractivity contribution in [3.05, 3.63) is 17.7 Å². The van der Waals surface area contributed by atoms with Crippen molar-refractivity contribution in [3.8, 4) is 0 Å². The van der Waals surface area contributed by atoms with Crippen molar-refractivity contribution in [1.29, 1.82) is 0 Å². The Bertz CT molecular complexity index is 582. The Morgan fingerprint density at radius 2 is 2.27 bits per heavy atom. The molecular weight excluding hydrogens is 302 g/mol. The number of hydrogen-bond acceptors (Lipinski definition) is 4. The van der Waals surface area contributed by atoms with Crippen LogP contribution in [0.1, 0.15) is 43.6 Å². The molecule has 0 radical (unpaired) electrons. The summed E-state index contributed by atoms with van der Waals surface area (Å²) >= 11 is 0. The molecular formula is C15H25N3O3S. The third kappa shape index (κ3) is 3.70. The van der Waals surface area contributed by atoms with E-state index in [1.807, 2.05) is 6.20 Å². The van der Waals surface area contributed by atoms with Gasteiger partial charge in [-0.1, -0.05) is 0 Å². The fourth-order valence-electron chi connectivity index (χ4n) is 3.18. The molecule has 3 rings (SSSR count). The quantitative estimate of drug-likeness (QED) is 0.795. The molecule has 124 valence electrons. The van der Waals surface area contributed by atoms with Crippen molar-refractivity contribution in [2.45, 2.75) is 57.7 Å². The molecule has 6 nitrogen and oxygen atoms in total. The second-order valence-corrected chi connectivity index (χ2v) is 8.49. The summed E-state index contributed by atoms with van der Waals surface area (Å²) in [6, 6.07) is 0. The Balaban J connectivity index is 1.57. The van der Waals surface area contributed by atoms with Crippen LogP contribution in [0.5, 0.6) is 0 Å². The van der Waals surface area contributed by atoms with Gasteiger partial charge in [-0.15, -0.1) is 0 Å². The maximum atomic E-state index is 12.4. The highest BCUT2D eigenvalue weighted by Crippen LogP contribution is 2.19. The third-order valence-electron chi connectivity index (χ3n) is 4.54. The topological polar surface area (TPSA) is 64.4 Å². The number of aromatic nitrogens is 2. The molecule has 0 amide bonds. The van der Waals surface area contributed by atoms with Crippen LogP contribution in [0.2, 0.25) is 0 Å². The molecule has 1 saturated heterocycles. The number of fused-ring (bicyclic) bond motifs is 1. The molecule has 2 aliphatic rings. The van der Waals surface area contributed by atoms with E-state index in [0.717, 1.165) is 43.9 Å². The van der Waals surface area contributed by atoms with Gasteiger partial charge < -0.3 is 9.30 Å². The van der Waals surface area contributed by atoms with Gasteiger partial charge in [-0.2, -0.15) is 4.31 Å². The molecule has 3 heterocycles. The van der Waals surface area contributed by atoms with Gasteiger partial charge in [-0.25, -0.2) is 13.4 Å². The number of hydrogen-bond donors (Lipinski definition) is 0. The molecule has 7 heteroatoms. The van der Waals surface area contributed by atoms with Gasteiger partial charge in [-0.3, -0.25) is 0 Å². The van der Waals surface area contributed by atoms with Crippen molar-refractivity contribution >= 4 is 10.0 Å². The van der Waals surface area contributed by atoms with E-state index in [0.29, 0.717) is 13.0 Å². The molecule has 0 unspecified atom stereocenters. The number of nitrogens with zero attached hydrogens (tertiary/aromatic N) is 3. The molecule has 0 N–H and O–H groups in total. The van der Waals surface area contributed by atoms with Gasteiger partial charge in [0.15, 0.2) is 0 Å². The third-order valence-corrected chi connectivity index (χ3v) is 6.37. The summed E-state index contributed by atoms with van der Waals surface area (Å²) in [4.78, 5) is 4.57. The maximum absolute atomic E-state index is 12.4. The lowest BCUT2D eigenvalue weighted by Gasteiger charge is -2.17. The molecule has 1 atom stereocenters. The lowest BCUT2D eigenvalue weighted by molar-refractivity contribution is 0.108. The van der Waals surface area contributed by atoms with E-state index in [4.69, 9.17) is 4.74 Å². The van der Waals surface area contributed by atoms with Crippen LogP contribution in [0, 0.1) is 0 Å². The Kier molecular flexibility index (Phi) is 4.84. The smallest absolute Gasteiger partial charge is 0.214 e. The molecule has 1 aromatic rings. The van der Waals surface area contributed by atoms with E-state index in [1.54, 1.807) is 7.05 Å². The normalized spacial score (nSPS) is 22.2. The molecule has 1 fully saturated rings. The summed E-state index contributed by atoms with van der Waals surface area (Å²) < 4.78 is 33.8. The Labute approximate surface area is 132 Å². The molecule has 2 aliphatic heterocycles. The second-order valence-electron chi connectivity index (χ2n) is 6.29. The van der Waals surface area contributed by atoms with Crippen LogP contribution in [-0.2, 0) is 34.3 Å². The van der Waals surface area contributed by atoms with Crippen molar-refractivity contribution in [3.63, 3.8) is 0 Å². The minimum atomic E-state index is -3.24. The molecule has 0 aromatic carbocycles. The van der Waals surface area contributed by atoms with Crippen LogP contribution < -0.4 is 0 Å². The SMILES string of the molecule is CN(Cc1cn2c(n1)CCCC2)S(=O)(=O)CC[C@@H]1CCCO1. The van der Waals surface area contributed by atoms with Gasteiger partial charge in [0.1, 0.15) is 5.82 Å². The molecule has 0 aliphatic carbocycles. The van der Waals surface area contributed by atoms with Gasteiger partial charge >= 0.3 is 0 Å². The van der Waals surface area contributed by atoms with Crippen LogP contribution in [-0.4, -0.2) is 47.8 Å². The Morgan fingerprint density at radius 1 is 1.41 bits per heavy atom. The number of aryl methyl sites for hydroxylation is 2. The number of sulfonamides is 1. The summed E-state index contributed by atoms with van der Waals surface area (Å²) in [5, 5.41) is 0. The molecule has 0 spiro atoms. The minimum absolute atomic E-state index is 0.114. The zero-order valence-electron chi connectivity index (χ0n) is 13.2. The highest BCUT2D eigenvalue weighted by Gasteiger charge is 2.24. The highest BCUT2D eigenvalue weighted by molar-refractivity contribution is 7.89. The van der Waals surface area contributed by atoms with Crippen LogP contribution in [0.4, 0.5) is 0 Å². The standard InChI is InChI=1S/C15H25N3O3S/c1-17(22(19,20)10-7-14-5-4-9-21-14)11-13-12-18-8-3-2-6-15(18)16-13/h12,14H,2-11H2,1H3/t14-/m0/s1. The molecule has 22 heavy (non-hydrogen) atoms. The first kappa shape index (κ1) is 16.0. The van der Waals surface area contributed by atoms with Crippen LogP contribution >= 0.6 is 0 Å². The summed E-state index contributed by atoms with van der Waals surface area (Å²) in [5.74, 6) is 1.24. The summed E-state index contributed by atoms with van der Waals surface area (Å²) in [7, 11) is -1.60. The molecule has 1 aromatic heterocycles. The fraction of sp³-hybridized carbons (Fsp3) is 0.800. The van der Waals surface area contributed by atoms with Gasteiger partial charge in [0, 0.05) is 32.8 Å². The van der Waals surface area contributed by atoms with Crippen molar-refractivity contribution in [2.24, 2.45) is 0 Å². The average Bonchev–Trinajstić information content (AvgIpc) is 3.13. The summed E-state index contributed by atoms with van der Waals surface area (Å²) in [5.41, 5.74) is 0.847. The fourth-order valence-corrected chi connectivity index (χ4v) is 4.38. The Hall–Kier alpha value is -0.920. The van der Waals surface area contributed by atoms with Gasteiger partial charge in [0.2, 0.25) is 10.0 Å². The zero-order chi connectivity index (χ0) is 15.6. The monoisotopic (exact) mass is 327 g/mol. The maximum Gasteiger partial charge on any atom is 0.214 e. The summed E-state index contributed by atoms with van der Waals surface area (Å²) in [6.07, 6.45) is 8.07. The van der Waals surface area contributed by atoms with Gasteiger partial charge in [0.05, 0.1) is 24.1 Å². The predicted molar refractivity (Wildman–Crippen MR) is 84.0 cm³/mol. The van der Waals surface area contributed by atoms with Crippen LogP contribution in [0.25, 0.3) is 0 Å². The van der Waals surface area contributed by atoms with Crippen molar-refractivity contribution < 1.29 is 13.2 Å². The van der Waals surface area contributed by atoms with Gasteiger partial charge in [0.25, 0.3) is 0 Å². The van der Waals surface area contributed by atoms with Crippen LogP contribution in [0.15, 0.2) is 6.20 Å². The van der Waals surface area contributed by atoms with E-state index in [-0.39, 0.29) is 11.9 Å². The van der Waals surface area contributed by atoms with Crippen molar-refractivity contribution in [2.75, 3.05) is 19.4 Å².